The number of aliphatic hydroxyl groups is 2. The van der Waals surface area contributed by atoms with Crippen molar-refractivity contribution in [3.63, 3.8) is 0 Å². The smallest absolute Gasteiger partial charge is 0.408 e. The maximum atomic E-state index is 14.7. The maximum absolute atomic E-state index is 14.7. The van der Waals surface area contributed by atoms with Crippen molar-refractivity contribution in [1.29, 1.82) is 0 Å². The average molecular weight is 516 g/mol. The molecule has 4 atom stereocenters. The largest absolute Gasteiger partial charge is 0.444 e. The molecule has 0 aliphatic carbocycles. The van der Waals surface area contributed by atoms with Gasteiger partial charge in [-0.3, -0.25) is 14.2 Å². The molecular formula is C22H34FN5O8. The van der Waals surface area contributed by atoms with E-state index in [9.17, 15) is 33.8 Å². The van der Waals surface area contributed by atoms with Crippen molar-refractivity contribution in [3.8, 4) is 0 Å². The molecule has 2 rings (SSSR count). The number of rotatable bonds is 10. The van der Waals surface area contributed by atoms with Gasteiger partial charge >= 0.3 is 11.8 Å². The Bertz CT molecular complexity index is 996. The molecule has 1 unspecified atom stereocenters. The van der Waals surface area contributed by atoms with Gasteiger partial charge < -0.3 is 35.6 Å². The predicted octanol–water partition coefficient (Wildman–Crippen LogP) is 0.161. The van der Waals surface area contributed by atoms with Gasteiger partial charge in [-0.1, -0.05) is 0 Å². The summed E-state index contributed by atoms with van der Waals surface area (Å²) in [6, 6.07) is -1.14. The number of hydrogen-bond donors (Lipinski definition) is 5. The molecular weight excluding hydrogens is 481 g/mol. The summed E-state index contributed by atoms with van der Waals surface area (Å²) in [5, 5.41) is 26.3. The van der Waals surface area contributed by atoms with E-state index >= 15 is 0 Å². The quantitative estimate of drug-likeness (QED) is 0.271. The first-order valence-electron chi connectivity index (χ1n) is 11.6. The highest BCUT2D eigenvalue weighted by Gasteiger charge is 2.35. The van der Waals surface area contributed by atoms with Crippen LogP contribution in [-0.4, -0.2) is 74.7 Å². The number of halogens is 1. The third-order valence-electron chi connectivity index (χ3n) is 5.14. The normalized spacial score (nSPS) is 20.5. The van der Waals surface area contributed by atoms with E-state index in [-0.39, 0.29) is 18.7 Å². The number of anilines is 1. The highest BCUT2D eigenvalue weighted by atomic mass is 19.1. The Morgan fingerprint density at radius 3 is 2.61 bits per heavy atom. The van der Waals surface area contributed by atoms with Crippen molar-refractivity contribution in [2.24, 2.45) is 0 Å². The minimum Gasteiger partial charge on any atom is -0.444 e. The maximum Gasteiger partial charge on any atom is 0.408 e. The number of unbranched alkanes of at least 4 members (excludes halogenated alkanes) is 1. The summed E-state index contributed by atoms with van der Waals surface area (Å²) in [6.07, 6.45) is -2.05. The zero-order chi connectivity index (χ0) is 27.0. The molecule has 14 heteroatoms. The summed E-state index contributed by atoms with van der Waals surface area (Å²) in [5.74, 6) is -2.71. The summed E-state index contributed by atoms with van der Waals surface area (Å²) in [5.41, 5.74) is -1.77. The van der Waals surface area contributed by atoms with Crippen LogP contribution in [0.15, 0.2) is 11.0 Å². The number of nitrogens with zero attached hydrogens (tertiary/aromatic N) is 2. The van der Waals surface area contributed by atoms with Crippen LogP contribution in [0.25, 0.3) is 0 Å². The molecule has 0 spiro atoms. The van der Waals surface area contributed by atoms with Crippen molar-refractivity contribution in [3.05, 3.63) is 22.5 Å². The first-order valence-corrected chi connectivity index (χ1v) is 11.6. The molecule has 1 aromatic rings. The minimum atomic E-state index is -1.14. The SMILES string of the molecule is CC(=O)NCCCCC(NC(=O)OC(C)(C)C)C(=O)Nc1nc(=O)n([C@H]2C[C@H](O)[C@@H](CO)O2)cc1F. The lowest BCUT2D eigenvalue weighted by molar-refractivity contribution is -0.119. The number of ether oxygens (including phenoxy) is 2. The highest BCUT2D eigenvalue weighted by molar-refractivity contribution is 5.95. The molecule has 1 fully saturated rings. The van der Waals surface area contributed by atoms with Gasteiger partial charge in [0.25, 0.3) is 0 Å². The number of alkyl carbamates (subject to hydrolysis) is 1. The third kappa shape index (κ3) is 8.84. The number of carbonyl (C=O) groups excluding carboxylic acids is 3. The van der Waals surface area contributed by atoms with Crippen LogP contribution in [0.1, 0.15) is 59.6 Å². The lowest BCUT2D eigenvalue weighted by atomic mass is 10.1. The lowest BCUT2D eigenvalue weighted by Crippen LogP contribution is -2.46. The molecule has 0 aromatic carbocycles. The van der Waals surface area contributed by atoms with Gasteiger partial charge in [-0.15, -0.1) is 0 Å². The molecule has 0 saturated carbocycles. The van der Waals surface area contributed by atoms with E-state index < -0.39 is 66.0 Å². The summed E-state index contributed by atoms with van der Waals surface area (Å²) in [7, 11) is 0. The van der Waals surface area contributed by atoms with E-state index in [0.29, 0.717) is 19.4 Å². The topological polar surface area (TPSA) is 181 Å². The fourth-order valence-electron chi connectivity index (χ4n) is 3.45. The molecule has 1 aliphatic rings. The Morgan fingerprint density at radius 2 is 2.03 bits per heavy atom. The second-order valence-electron chi connectivity index (χ2n) is 9.41. The average Bonchev–Trinajstić information content (AvgIpc) is 3.13. The van der Waals surface area contributed by atoms with Crippen LogP contribution in [0.4, 0.5) is 15.0 Å². The second kappa shape index (κ2) is 12.7. The molecule has 3 amide bonds. The van der Waals surface area contributed by atoms with E-state index in [1.54, 1.807) is 20.8 Å². The molecule has 1 aromatic heterocycles. The van der Waals surface area contributed by atoms with E-state index in [2.05, 4.69) is 20.9 Å². The predicted molar refractivity (Wildman–Crippen MR) is 124 cm³/mol. The van der Waals surface area contributed by atoms with Crippen LogP contribution in [0.5, 0.6) is 0 Å². The third-order valence-corrected chi connectivity index (χ3v) is 5.14. The summed E-state index contributed by atoms with van der Waals surface area (Å²) >= 11 is 0. The number of aliphatic hydroxyl groups excluding tert-OH is 2. The molecule has 5 N–H and O–H groups in total. The Hall–Kier alpha value is -3.10. The Labute approximate surface area is 207 Å². The summed E-state index contributed by atoms with van der Waals surface area (Å²) in [6.45, 7) is 6.23. The molecule has 1 aliphatic heterocycles. The molecule has 0 bridgehead atoms. The minimum absolute atomic E-state index is 0.0572. The van der Waals surface area contributed by atoms with Gasteiger partial charge in [-0.25, -0.2) is 14.0 Å². The van der Waals surface area contributed by atoms with Crippen LogP contribution >= 0.6 is 0 Å². The van der Waals surface area contributed by atoms with Crippen molar-refractivity contribution >= 4 is 23.7 Å². The number of hydrogen-bond acceptors (Lipinski definition) is 9. The first-order chi connectivity index (χ1) is 16.8. The Kier molecular flexibility index (Phi) is 10.3. The van der Waals surface area contributed by atoms with Gasteiger partial charge in [-0.05, 0) is 40.0 Å². The fourth-order valence-corrected chi connectivity index (χ4v) is 3.45. The van der Waals surface area contributed by atoms with Gasteiger partial charge in [0.2, 0.25) is 11.8 Å². The Balaban J connectivity index is 2.12. The second-order valence-corrected chi connectivity index (χ2v) is 9.41. The standard InChI is InChI=1S/C22H34FN5O8/c1-12(30)24-8-6-5-7-14(25-21(34)36-22(2,3)4)19(32)26-18-13(23)10-28(20(33)27-18)17-9-15(31)16(11-29)35-17/h10,14-17,29,31H,5-9,11H2,1-4H3,(H,24,30)(H,25,34)(H,26,27,32,33)/t14?,15-,16+,17+/m0/s1. The van der Waals surface area contributed by atoms with Crippen LogP contribution in [0, 0.1) is 5.82 Å². The van der Waals surface area contributed by atoms with Crippen molar-refractivity contribution in [2.75, 3.05) is 18.5 Å². The molecule has 0 radical (unpaired) electrons. The molecule has 13 nitrogen and oxygen atoms in total. The fraction of sp³-hybridized carbons (Fsp3) is 0.682. The number of aromatic nitrogens is 2. The van der Waals surface area contributed by atoms with Crippen LogP contribution in [0.3, 0.4) is 0 Å². The van der Waals surface area contributed by atoms with Gasteiger partial charge in [0.15, 0.2) is 11.6 Å². The van der Waals surface area contributed by atoms with Crippen molar-refractivity contribution in [1.82, 2.24) is 20.2 Å². The monoisotopic (exact) mass is 515 g/mol. The van der Waals surface area contributed by atoms with Crippen LogP contribution in [0.2, 0.25) is 0 Å². The van der Waals surface area contributed by atoms with E-state index in [4.69, 9.17) is 9.47 Å². The zero-order valence-corrected chi connectivity index (χ0v) is 20.7. The van der Waals surface area contributed by atoms with Gasteiger partial charge in [0.1, 0.15) is 24.0 Å². The number of nitrogens with one attached hydrogen (secondary N) is 3. The Morgan fingerprint density at radius 1 is 1.33 bits per heavy atom. The van der Waals surface area contributed by atoms with Gasteiger partial charge in [-0.2, -0.15) is 4.98 Å². The lowest BCUT2D eigenvalue weighted by Gasteiger charge is -2.23. The van der Waals surface area contributed by atoms with Crippen molar-refractivity contribution in [2.45, 2.75) is 83.5 Å². The molecule has 1 saturated heterocycles. The van der Waals surface area contributed by atoms with E-state index in [1.165, 1.54) is 6.92 Å². The first kappa shape index (κ1) is 29.1. The van der Waals surface area contributed by atoms with Crippen molar-refractivity contribution < 1.29 is 38.5 Å². The summed E-state index contributed by atoms with van der Waals surface area (Å²) in [4.78, 5) is 52.1. The zero-order valence-electron chi connectivity index (χ0n) is 20.7. The van der Waals surface area contributed by atoms with Gasteiger partial charge in [0.05, 0.1) is 18.9 Å². The number of carbonyl (C=O) groups is 3. The van der Waals surface area contributed by atoms with Crippen LogP contribution < -0.4 is 21.6 Å². The van der Waals surface area contributed by atoms with Crippen LogP contribution in [-0.2, 0) is 19.1 Å². The van der Waals surface area contributed by atoms with Gasteiger partial charge in [0, 0.05) is 19.9 Å². The summed E-state index contributed by atoms with van der Waals surface area (Å²) < 4.78 is 26.1. The molecule has 202 valence electrons. The van der Waals surface area contributed by atoms with E-state index in [0.717, 1.165) is 10.8 Å². The molecule has 2 heterocycles. The van der Waals surface area contributed by atoms with E-state index in [1.807, 2.05) is 0 Å². The number of amides is 3. The molecule has 36 heavy (non-hydrogen) atoms. The highest BCUT2D eigenvalue weighted by Crippen LogP contribution is 2.27.